The Labute approximate surface area is 181 Å². The zero-order valence-corrected chi connectivity index (χ0v) is 17.9. The molecule has 0 aliphatic carbocycles. The summed E-state index contributed by atoms with van der Waals surface area (Å²) in [6.45, 7) is 5.78. The predicted octanol–water partition coefficient (Wildman–Crippen LogP) is 5.38. The van der Waals surface area contributed by atoms with Gasteiger partial charge in [0.1, 0.15) is 6.04 Å². The van der Waals surface area contributed by atoms with Crippen LogP contribution in [0.25, 0.3) is 0 Å². The SMILES string of the molecule is C=CC1c2ccccc2N(S(=O)(=O)c2ccc(C)cc2)C1C(=O)c1ccc(Cl)cc1. The van der Waals surface area contributed by atoms with Crippen LogP contribution in [-0.4, -0.2) is 20.2 Å². The molecule has 2 atom stereocenters. The first-order valence-electron chi connectivity index (χ1n) is 9.47. The van der Waals surface area contributed by atoms with Crippen molar-refractivity contribution in [1.82, 2.24) is 0 Å². The Balaban J connectivity index is 1.90. The molecule has 4 nitrogen and oxygen atoms in total. The summed E-state index contributed by atoms with van der Waals surface area (Å²) in [6.07, 6.45) is 1.64. The van der Waals surface area contributed by atoms with Gasteiger partial charge >= 0.3 is 0 Å². The molecule has 3 aromatic rings. The van der Waals surface area contributed by atoms with Crippen molar-refractivity contribution < 1.29 is 13.2 Å². The van der Waals surface area contributed by atoms with E-state index in [1.807, 2.05) is 19.1 Å². The Hall–Kier alpha value is -2.89. The standard InChI is InChI=1S/C24H20ClNO3S/c1-3-20-21-6-4-5-7-22(21)26(30(28,29)19-14-8-16(2)9-15-19)23(20)24(27)17-10-12-18(25)13-11-17/h3-15,20,23H,1H2,2H3. The van der Waals surface area contributed by atoms with Gasteiger partial charge < -0.3 is 0 Å². The number of hydrogen-bond donors (Lipinski definition) is 0. The van der Waals surface area contributed by atoms with Gasteiger partial charge in [0, 0.05) is 16.5 Å². The lowest BCUT2D eigenvalue weighted by atomic mass is 9.90. The smallest absolute Gasteiger partial charge is 0.265 e. The lowest BCUT2D eigenvalue weighted by molar-refractivity contribution is 0.0961. The molecule has 30 heavy (non-hydrogen) atoms. The number of rotatable bonds is 5. The van der Waals surface area contributed by atoms with Gasteiger partial charge in [-0.2, -0.15) is 0 Å². The van der Waals surface area contributed by atoms with E-state index in [9.17, 15) is 13.2 Å². The first-order valence-corrected chi connectivity index (χ1v) is 11.3. The van der Waals surface area contributed by atoms with E-state index in [4.69, 9.17) is 11.6 Å². The van der Waals surface area contributed by atoms with E-state index in [2.05, 4.69) is 6.58 Å². The van der Waals surface area contributed by atoms with Gasteiger partial charge in [-0.25, -0.2) is 8.42 Å². The molecule has 0 spiro atoms. The van der Waals surface area contributed by atoms with Crippen molar-refractivity contribution in [3.05, 3.63) is 107 Å². The van der Waals surface area contributed by atoms with Gasteiger partial charge in [-0.15, -0.1) is 6.58 Å². The Morgan fingerprint density at radius 1 is 1.00 bits per heavy atom. The van der Waals surface area contributed by atoms with E-state index in [1.165, 1.54) is 4.31 Å². The van der Waals surface area contributed by atoms with Crippen LogP contribution in [0.5, 0.6) is 0 Å². The fourth-order valence-corrected chi connectivity index (χ4v) is 5.63. The minimum atomic E-state index is -3.98. The van der Waals surface area contributed by atoms with Gasteiger partial charge in [-0.1, -0.05) is 53.6 Å². The minimum absolute atomic E-state index is 0.140. The summed E-state index contributed by atoms with van der Waals surface area (Å²) in [5.74, 6) is -0.770. The van der Waals surface area contributed by atoms with E-state index < -0.39 is 22.0 Å². The molecule has 0 aromatic heterocycles. The molecule has 0 amide bonds. The number of anilines is 1. The second kappa shape index (κ2) is 7.74. The number of ketones is 1. The first-order chi connectivity index (χ1) is 14.3. The second-order valence-corrected chi connectivity index (χ2v) is 9.50. The lowest BCUT2D eigenvalue weighted by Gasteiger charge is -2.28. The molecule has 2 unspecified atom stereocenters. The average molecular weight is 438 g/mol. The summed E-state index contributed by atoms with van der Waals surface area (Å²) < 4.78 is 28.6. The number of carbonyl (C=O) groups excluding carboxylic acids is 1. The fourth-order valence-electron chi connectivity index (χ4n) is 3.85. The normalized spacial score (nSPS) is 18.1. The third-order valence-corrected chi connectivity index (χ3v) is 7.42. The summed E-state index contributed by atoms with van der Waals surface area (Å²) in [4.78, 5) is 13.7. The summed E-state index contributed by atoms with van der Waals surface area (Å²) in [6, 6.07) is 19.3. The molecule has 1 aliphatic rings. The number of aryl methyl sites for hydroxylation is 1. The molecule has 0 saturated carbocycles. The van der Waals surface area contributed by atoms with Crippen molar-refractivity contribution in [1.29, 1.82) is 0 Å². The summed E-state index contributed by atoms with van der Waals surface area (Å²) >= 11 is 5.97. The quantitative estimate of drug-likeness (QED) is 0.398. The molecular formula is C24H20ClNO3S. The number of halogens is 1. The van der Waals surface area contributed by atoms with Crippen LogP contribution in [0.1, 0.15) is 27.4 Å². The molecule has 0 radical (unpaired) electrons. The fraction of sp³-hybridized carbons (Fsp3) is 0.125. The van der Waals surface area contributed by atoms with Crippen molar-refractivity contribution in [2.24, 2.45) is 0 Å². The number of nitrogens with zero attached hydrogens (tertiary/aromatic N) is 1. The Morgan fingerprint density at radius 2 is 1.63 bits per heavy atom. The number of fused-ring (bicyclic) bond motifs is 1. The summed E-state index contributed by atoms with van der Waals surface area (Å²) in [5, 5.41) is 0.505. The highest BCUT2D eigenvalue weighted by molar-refractivity contribution is 7.93. The molecule has 0 bridgehead atoms. The largest absolute Gasteiger partial charge is 0.292 e. The molecule has 0 fully saturated rings. The van der Waals surface area contributed by atoms with E-state index in [0.29, 0.717) is 16.3 Å². The second-order valence-electron chi connectivity index (χ2n) is 7.25. The maximum absolute atomic E-state index is 13.7. The number of hydrogen-bond acceptors (Lipinski definition) is 3. The Bertz CT molecular complexity index is 1220. The highest BCUT2D eigenvalue weighted by Crippen LogP contribution is 2.45. The van der Waals surface area contributed by atoms with Crippen molar-refractivity contribution >= 4 is 33.1 Å². The highest BCUT2D eigenvalue weighted by atomic mass is 35.5. The van der Waals surface area contributed by atoms with Crippen LogP contribution >= 0.6 is 11.6 Å². The van der Waals surface area contributed by atoms with E-state index in [1.54, 1.807) is 66.7 Å². The van der Waals surface area contributed by atoms with Crippen LogP contribution in [0.2, 0.25) is 5.02 Å². The lowest BCUT2D eigenvalue weighted by Crippen LogP contribution is -2.44. The topological polar surface area (TPSA) is 54.5 Å². The maximum atomic E-state index is 13.7. The van der Waals surface area contributed by atoms with Crippen LogP contribution in [-0.2, 0) is 10.0 Å². The van der Waals surface area contributed by atoms with Crippen LogP contribution in [0, 0.1) is 6.92 Å². The average Bonchev–Trinajstić information content (AvgIpc) is 3.09. The van der Waals surface area contributed by atoms with Crippen LogP contribution in [0.4, 0.5) is 5.69 Å². The molecule has 0 N–H and O–H groups in total. The van der Waals surface area contributed by atoms with Crippen molar-refractivity contribution in [2.75, 3.05) is 4.31 Å². The van der Waals surface area contributed by atoms with Crippen LogP contribution < -0.4 is 4.31 Å². The molecule has 6 heteroatoms. The third kappa shape index (κ3) is 3.34. The van der Waals surface area contributed by atoms with Gasteiger partial charge in [0.05, 0.1) is 10.6 Å². The van der Waals surface area contributed by atoms with E-state index in [0.717, 1.165) is 11.1 Å². The van der Waals surface area contributed by atoms with Crippen LogP contribution in [0.3, 0.4) is 0 Å². The van der Waals surface area contributed by atoms with Crippen molar-refractivity contribution in [2.45, 2.75) is 23.8 Å². The monoisotopic (exact) mass is 437 g/mol. The number of Topliss-reactive ketones (excluding diaryl/α,β-unsaturated/α-hetero) is 1. The number of benzene rings is 3. The number of para-hydroxylation sites is 1. The molecule has 3 aromatic carbocycles. The number of carbonyl (C=O) groups is 1. The summed E-state index contributed by atoms with van der Waals surface area (Å²) in [5.41, 5.74) is 2.60. The van der Waals surface area contributed by atoms with Gasteiger partial charge in [0.25, 0.3) is 10.0 Å². The third-order valence-electron chi connectivity index (χ3n) is 5.36. The Morgan fingerprint density at radius 3 is 2.27 bits per heavy atom. The molecule has 1 heterocycles. The molecule has 0 saturated heterocycles. The molecule has 152 valence electrons. The highest BCUT2D eigenvalue weighted by Gasteiger charge is 2.47. The summed E-state index contributed by atoms with van der Waals surface area (Å²) in [7, 11) is -3.98. The van der Waals surface area contributed by atoms with E-state index in [-0.39, 0.29) is 10.7 Å². The Kier molecular flexibility index (Phi) is 5.26. The first kappa shape index (κ1) is 20.4. The zero-order valence-electron chi connectivity index (χ0n) is 16.3. The zero-order chi connectivity index (χ0) is 21.5. The number of sulfonamides is 1. The minimum Gasteiger partial charge on any atom is -0.292 e. The van der Waals surface area contributed by atoms with Crippen LogP contribution in [0.15, 0.2) is 90.3 Å². The van der Waals surface area contributed by atoms with Gasteiger partial charge in [0.2, 0.25) is 0 Å². The maximum Gasteiger partial charge on any atom is 0.265 e. The van der Waals surface area contributed by atoms with Crippen molar-refractivity contribution in [3.8, 4) is 0 Å². The predicted molar refractivity (Wildman–Crippen MR) is 120 cm³/mol. The van der Waals surface area contributed by atoms with Gasteiger partial charge in [-0.05, 0) is 55.0 Å². The van der Waals surface area contributed by atoms with Gasteiger partial charge in [-0.3, -0.25) is 9.10 Å². The molecular weight excluding hydrogens is 418 g/mol. The molecule has 4 rings (SSSR count). The molecule has 1 aliphatic heterocycles. The van der Waals surface area contributed by atoms with Crippen molar-refractivity contribution in [3.63, 3.8) is 0 Å². The van der Waals surface area contributed by atoms with E-state index >= 15 is 0 Å². The van der Waals surface area contributed by atoms with Gasteiger partial charge in [0.15, 0.2) is 5.78 Å².